The Kier molecular flexibility index (Phi) is 4.70. The molecule has 1 aromatic carbocycles. The van der Waals surface area contributed by atoms with Gasteiger partial charge >= 0.3 is 5.97 Å². The molecule has 0 bridgehead atoms. The van der Waals surface area contributed by atoms with Crippen molar-refractivity contribution in [3.63, 3.8) is 0 Å². The van der Waals surface area contributed by atoms with Gasteiger partial charge in [-0.1, -0.05) is 0 Å². The van der Waals surface area contributed by atoms with Crippen LogP contribution in [0.1, 0.15) is 37.4 Å². The molecule has 0 amide bonds. The minimum atomic E-state index is -0.545. The Morgan fingerprint density at radius 1 is 1.20 bits per heavy atom. The molecule has 0 N–H and O–H groups in total. The van der Waals surface area contributed by atoms with E-state index in [1.807, 2.05) is 12.1 Å². The van der Waals surface area contributed by atoms with Crippen molar-refractivity contribution in [2.75, 3.05) is 20.8 Å². The van der Waals surface area contributed by atoms with E-state index in [-0.39, 0.29) is 36.5 Å². The number of Topliss-reactive ketones (excluding diaryl/α,β-unsaturated/α-hetero) is 1. The van der Waals surface area contributed by atoms with Crippen molar-refractivity contribution in [2.24, 2.45) is 0 Å². The topological polar surface area (TPSA) is 65.1 Å². The zero-order valence-electron chi connectivity index (χ0n) is 15.0. The highest BCUT2D eigenvalue weighted by Gasteiger charge is 2.39. The van der Waals surface area contributed by atoms with E-state index in [4.69, 9.17) is 14.2 Å². The fraction of sp³-hybridized carbons (Fsp3) is 0.474. The summed E-state index contributed by atoms with van der Waals surface area (Å²) in [6.07, 6.45) is 2.71. The first kappa shape index (κ1) is 17.3. The van der Waals surface area contributed by atoms with Gasteiger partial charge in [0.25, 0.3) is 0 Å². The van der Waals surface area contributed by atoms with Gasteiger partial charge in [-0.05, 0) is 43.5 Å². The van der Waals surface area contributed by atoms with Gasteiger partial charge in [0.05, 0.1) is 26.9 Å². The van der Waals surface area contributed by atoms with Crippen LogP contribution < -0.4 is 9.47 Å². The summed E-state index contributed by atoms with van der Waals surface area (Å²) in [5, 5.41) is 0. The number of ether oxygens (including phenoxy) is 3. The second-order valence-electron chi connectivity index (χ2n) is 6.31. The second-order valence-corrected chi connectivity index (χ2v) is 6.31. The Balaban J connectivity index is 2.03. The number of hydrogen-bond acceptors (Lipinski definition) is 6. The molecule has 6 nitrogen and oxygen atoms in total. The molecule has 2 unspecified atom stereocenters. The second kappa shape index (κ2) is 6.78. The van der Waals surface area contributed by atoms with E-state index in [1.165, 1.54) is 0 Å². The number of methoxy groups -OCH3 is 2. The fourth-order valence-electron chi connectivity index (χ4n) is 3.63. The number of benzene rings is 1. The van der Waals surface area contributed by atoms with Gasteiger partial charge in [-0.3, -0.25) is 4.79 Å². The summed E-state index contributed by atoms with van der Waals surface area (Å²) in [6.45, 7) is 4.07. The molecule has 6 heteroatoms. The number of carbonyl (C=O) groups is 2. The highest BCUT2D eigenvalue weighted by Crippen LogP contribution is 2.43. The Morgan fingerprint density at radius 3 is 2.52 bits per heavy atom. The lowest BCUT2D eigenvalue weighted by atomic mass is 9.83. The van der Waals surface area contributed by atoms with Crippen LogP contribution in [0.4, 0.5) is 0 Å². The SMILES string of the molecule is CCOC(=O)C1=CN2C(C)Cc3cc(OC)c(OC)cc3C2CC1=O. The molecule has 0 spiro atoms. The van der Waals surface area contributed by atoms with Gasteiger partial charge in [0.15, 0.2) is 17.3 Å². The van der Waals surface area contributed by atoms with Crippen molar-refractivity contribution in [1.29, 1.82) is 0 Å². The Labute approximate surface area is 147 Å². The van der Waals surface area contributed by atoms with Gasteiger partial charge < -0.3 is 19.1 Å². The van der Waals surface area contributed by atoms with E-state index >= 15 is 0 Å². The van der Waals surface area contributed by atoms with Gasteiger partial charge in [0.1, 0.15) is 5.57 Å². The van der Waals surface area contributed by atoms with Crippen molar-refractivity contribution in [2.45, 2.75) is 38.8 Å². The zero-order chi connectivity index (χ0) is 18.1. The smallest absolute Gasteiger partial charge is 0.343 e. The summed E-state index contributed by atoms with van der Waals surface area (Å²) in [7, 11) is 3.21. The number of nitrogens with zero attached hydrogens (tertiary/aromatic N) is 1. The first-order valence-corrected chi connectivity index (χ1v) is 8.44. The maximum absolute atomic E-state index is 12.5. The largest absolute Gasteiger partial charge is 0.493 e. The third-order valence-electron chi connectivity index (χ3n) is 4.84. The van der Waals surface area contributed by atoms with Gasteiger partial charge in [0.2, 0.25) is 0 Å². The molecule has 2 atom stereocenters. The number of fused-ring (bicyclic) bond motifs is 3. The quantitative estimate of drug-likeness (QED) is 0.617. The van der Waals surface area contributed by atoms with Crippen LogP contribution in [0.15, 0.2) is 23.9 Å². The molecule has 25 heavy (non-hydrogen) atoms. The van der Waals surface area contributed by atoms with Crippen molar-refractivity contribution in [3.05, 3.63) is 35.0 Å². The molecule has 0 aromatic heterocycles. The number of carbonyl (C=O) groups excluding carboxylic acids is 2. The normalized spacial score (nSPS) is 21.8. The van der Waals surface area contributed by atoms with Crippen LogP contribution in [0.2, 0.25) is 0 Å². The molecule has 0 radical (unpaired) electrons. The van der Waals surface area contributed by atoms with E-state index in [1.54, 1.807) is 27.3 Å². The lowest BCUT2D eigenvalue weighted by Gasteiger charge is -2.43. The predicted octanol–water partition coefficient (Wildman–Crippen LogP) is 2.41. The van der Waals surface area contributed by atoms with Crippen molar-refractivity contribution in [1.82, 2.24) is 4.90 Å². The van der Waals surface area contributed by atoms with E-state index in [0.717, 1.165) is 17.5 Å². The van der Waals surface area contributed by atoms with Gasteiger partial charge in [0, 0.05) is 18.7 Å². The molecule has 0 saturated heterocycles. The summed E-state index contributed by atoms with van der Waals surface area (Å²) in [5.74, 6) is 0.598. The summed E-state index contributed by atoms with van der Waals surface area (Å²) in [5.41, 5.74) is 2.32. The molecule has 3 rings (SSSR count). The van der Waals surface area contributed by atoms with Crippen LogP contribution in [0, 0.1) is 0 Å². The average Bonchev–Trinajstić information content (AvgIpc) is 2.60. The standard InChI is InChI=1S/C19H23NO5/c1-5-25-19(22)14-10-20-11(2)6-12-7-17(23-3)18(24-4)8-13(12)15(20)9-16(14)21/h7-8,10-11,15H,5-6,9H2,1-4H3. The molecule has 2 aliphatic rings. The van der Waals surface area contributed by atoms with E-state index in [9.17, 15) is 9.59 Å². The number of ketones is 1. The lowest BCUT2D eigenvalue weighted by Crippen LogP contribution is -2.43. The van der Waals surface area contributed by atoms with Gasteiger partial charge in [-0.25, -0.2) is 4.79 Å². The monoisotopic (exact) mass is 345 g/mol. The van der Waals surface area contributed by atoms with Crippen LogP contribution in [-0.4, -0.2) is 43.5 Å². The number of rotatable bonds is 4. The predicted molar refractivity (Wildman–Crippen MR) is 91.6 cm³/mol. The molecule has 1 aromatic rings. The molecule has 2 aliphatic heterocycles. The van der Waals surface area contributed by atoms with Crippen LogP contribution >= 0.6 is 0 Å². The first-order valence-electron chi connectivity index (χ1n) is 8.44. The van der Waals surface area contributed by atoms with Crippen LogP contribution in [0.25, 0.3) is 0 Å². The Bertz CT molecular complexity index is 740. The maximum Gasteiger partial charge on any atom is 0.343 e. The van der Waals surface area contributed by atoms with E-state index in [2.05, 4.69) is 11.8 Å². The number of esters is 1. The third-order valence-corrected chi connectivity index (χ3v) is 4.84. The molecule has 2 heterocycles. The lowest BCUT2D eigenvalue weighted by molar-refractivity contribution is -0.140. The highest BCUT2D eigenvalue weighted by molar-refractivity contribution is 6.17. The summed E-state index contributed by atoms with van der Waals surface area (Å²) >= 11 is 0. The third kappa shape index (κ3) is 2.97. The van der Waals surface area contributed by atoms with Gasteiger partial charge in [-0.2, -0.15) is 0 Å². The zero-order valence-corrected chi connectivity index (χ0v) is 15.0. The average molecular weight is 345 g/mol. The molecular formula is C19H23NO5. The summed E-state index contributed by atoms with van der Waals surface area (Å²) < 4.78 is 15.8. The van der Waals surface area contributed by atoms with E-state index < -0.39 is 5.97 Å². The van der Waals surface area contributed by atoms with Gasteiger partial charge in [-0.15, -0.1) is 0 Å². The minimum Gasteiger partial charge on any atom is -0.493 e. The molecule has 0 fully saturated rings. The van der Waals surface area contributed by atoms with Crippen molar-refractivity contribution < 1.29 is 23.8 Å². The molecule has 0 saturated carbocycles. The van der Waals surface area contributed by atoms with Crippen LogP contribution in [-0.2, 0) is 20.7 Å². The highest BCUT2D eigenvalue weighted by atomic mass is 16.5. The summed E-state index contributed by atoms with van der Waals surface area (Å²) in [6, 6.07) is 3.97. The molecule has 134 valence electrons. The minimum absolute atomic E-state index is 0.107. The maximum atomic E-state index is 12.5. The van der Waals surface area contributed by atoms with Crippen molar-refractivity contribution >= 4 is 11.8 Å². The first-order chi connectivity index (χ1) is 12.0. The van der Waals surface area contributed by atoms with E-state index in [0.29, 0.717) is 11.5 Å². The summed E-state index contributed by atoms with van der Waals surface area (Å²) in [4.78, 5) is 26.6. The van der Waals surface area contributed by atoms with Crippen molar-refractivity contribution in [3.8, 4) is 11.5 Å². The molecule has 0 aliphatic carbocycles. The molecular weight excluding hydrogens is 322 g/mol. The van der Waals surface area contributed by atoms with Crippen LogP contribution in [0.3, 0.4) is 0 Å². The Morgan fingerprint density at radius 2 is 1.88 bits per heavy atom. The fourth-order valence-corrected chi connectivity index (χ4v) is 3.63. The number of hydrogen-bond donors (Lipinski definition) is 0. The Hall–Kier alpha value is -2.50. The van der Waals surface area contributed by atoms with Crippen LogP contribution in [0.5, 0.6) is 11.5 Å².